The van der Waals surface area contributed by atoms with Crippen LogP contribution in [0.5, 0.6) is 0 Å². The summed E-state index contributed by atoms with van der Waals surface area (Å²) in [5, 5.41) is 2.71. The highest BCUT2D eigenvalue weighted by Gasteiger charge is 2.62. The summed E-state index contributed by atoms with van der Waals surface area (Å²) >= 11 is 3.42. The lowest BCUT2D eigenvalue weighted by Crippen LogP contribution is -2.48. The number of amides is 3. The van der Waals surface area contributed by atoms with Crippen LogP contribution in [0.15, 0.2) is 53.0 Å². The fourth-order valence-corrected chi connectivity index (χ4v) is 6.26. The van der Waals surface area contributed by atoms with E-state index in [-0.39, 0.29) is 41.9 Å². The van der Waals surface area contributed by atoms with Crippen LogP contribution in [0.3, 0.4) is 0 Å². The van der Waals surface area contributed by atoms with Crippen molar-refractivity contribution in [1.29, 1.82) is 0 Å². The summed E-state index contributed by atoms with van der Waals surface area (Å²) in [7, 11) is 0. The number of carbonyl (C=O) groups is 4. The smallest absolute Gasteiger partial charge is 0.330 e. The van der Waals surface area contributed by atoms with E-state index >= 15 is 0 Å². The molecule has 5 atom stereocenters. The van der Waals surface area contributed by atoms with Gasteiger partial charge < -0.3 is 10.1 Å². The lowest BCUT2D eigenvalue weighted by molar-refractivity contribution is -0.160. The van der Waals surface area contributed by atoms with Crippen LogP contribution in [0.4, 0.5) is 5.69 Å². The van der Waals surface area contributed by atoms with Gasteiger partial charge in [-0.25, -0.2) is 4.79 Å². The number of anilines is 1. The Morgan fingerprint density at radius 1 is 1.06 bits per heavy atom. The summed E-state index contributed by atoms with van der Waals surface area (Å²) in [6, 6.07) is 13.5. The molecule has 1 N–H and O–H groups in total. The number of nitrogens with one attached hydrogen (secondary N) is 1. The molecular weight excluding hydrogens is 512 g/mol. The Balaban J connectivity index is 1.31. The maximum Gasteiger partial charge on any atom is 0.330 e. The number of hydrogen-bond donors (Lipinski definition) is 1. The zero-order valence-corrected chi connectivity index (χ0v) is 21.0. The number of aryl methyl sites for hydroxylation is 1. The van der Waals surface area contributed by atoms with Crippen molar-refractivity contribution < 1.29 is 23.9 Å². The van der Waals surface area contributed by atoms with Crippen LogP contribution in [-0.4, -0.2) is 41.2 Å². The first-order valence-electron chi connectivity index (χ1n) is 12.0. The molecule has 0 radical (unpaired) electrons. The van der Waals surface area contributed by atoms with Gasteiger partial charge in [-0.05, 0) is 67.3 Å². The number of fused-ring (bicyclic) bond motifs is 5. The monoisotopic (exact) mass is 538 g/mol. The number of nitrogens with zero attached hydrogens (tertiary/aromatic N) is 1. The molecule has 7 nitrogen and oxygen atoms in total. The van der Waals surface area contributed by atoms with Crippen molar-refractivity contribution >= 4 is 45.3 Å². The number of hydrogen-bond acceptors (Lipinski definition) is 5. The Bertz CT molecular complexity index is 1160. The molecule has 2 saturated carbocycles. The molecule has 2 aromatic carbocycles. The summed E-state index contributed by atoms with van der Waals surface area (Å²) in [6.07, 6.45) is 2.99. The Morgan fingerprint density at radius 2 is 1.71 bits per heavy atom. The molecule has 3 aliphatic rings. The van der Waals surface area contributed by atoms with Gasteiger partial charge in [0, 0.05) is 16.6 Å². The third-order valence-corrected chi connectivity index (χ3v) is 8.49. The van der Waals surface area contributed by atoms with Gasteiger partial charge >= 0.3 is 5.97 Å². The number of carbonyl (C=O) groups excluding carboxylic acids is 4. The Morgan fingerprint density at radius 3 is 2.34 bits per heavy atom. The highest BCUT2D eigenvalue weighted by Crippen LogP contribution is 2.56. The second kappa shape index (κ2) is 9.57. The zero-order valence-electron chi connectivity index (χ0n) is 19.4. The number of likely N-dealkylation sites (tertiary alicyclic amines) is 1. The summed E-state index contributed by atoms with van der Waals surface area (Å²) in [4.78, 5) is 53.6. The fraction of sp³-hybridized carbons (Fsp3) is 0.407. The molecule has 5 rings (SSSR count). The Labute approximate surface area is 212 Å². The largest absolute Gasteiger partial charge is 0.454 e. The molecule has 182 valence electrons. The van der Waals surface area contributed by atoms with Gasteiger partial charge in [0.1, 0.15) is 6.04 Å². The minimum atomic E-state index is -1.09. The average molecular weight is 539 g/mol. The first-order chi connectivity index (χ1) is 16.8. The summed E-state index contributed by atoms with van der Waals surface area (Å²) < 4.78 is 6.28. The van der Waals surface area contributed by atoms with Crippen molar-refractivity contribution in [2.24, 2.45) is 23.7 Å². The van der Waals surface area contributed by atoms with Gasteiger partial charge in [0.05, 0.1) is 11.8 Å². The van der Waals surface area contributed by atoms with E-state index in [2.05, 4.69) is 21.2 Å². The van der Waals surface area contributed by atoms with Gasteiger partial charge in [-0.2, -0.15) is 0 Å². The summed E-state index contributed by atoms with van der Waals surface area (Å²) in [5.41, 5.74) is 2.35. The normalized spacial score (nSPS) is 25.5. The van der Waals surface area contributed by atoms with Crippen molar-refractivity contribution in [1.82, 2.24) is 4.90 Å². The molecule has 3 fully saturated rings. The van der Waals surface area contributed by atoms with E-state index in [0.29, 0.717) is 5.69 Å². The molecule has 3 amide bonds. The van der Waals surface area contributed by atoms with Crippen LogP contribution in [0.1, 0.15) is 30.4 Å². The van der Waals surface area contributed by atoms with Crippen molar-refractivity contribution in [3.8, 4) is 0 Å². The molecule has 8 heteroatoms. The van der Waals surface area contributed by atoms with E-state index in [1.807, 2.05) is 43.3 Å². The quantitative estimate of drug-likeness (QED) is 0.426. The van der Waals surface area contributed by atoms with E-state index < -0.39 is 24.5 Å². The predicted octanol–water partition coefficient (Wildman–Crippen LogP) is 3.88. The van der Waals surface area contributed by atoms with Gasteiger partial charge in [-0.15, -0.1) is 0 Å². The van der Waals surface area contributed by atoms with Crippen molar-refractivity contribution in [2.75, 3.05) is 11.9 Å². The first-order valence-corrected chi connectivity index (χ1v) is 12.8. The third kappa shape index (κ3) is 4.51. The Kier molecular flexibility index (Phi) is 6.49. The molecule has 1 heterocycles. The second-order valence-electron chi connectivity index (χ2n) is 9.76. The molecule has 1 aliphatic heterocycles. The van der Waals surface area contributed by atoms with E-state index in [0.717, 1.165) is 39.8 Å². The minimum Gasteiger partial charge on any atom is -0.454 e. The topological polar surface area (TPSA) is 92.8 Å². The summed E-state index contributed by atoms with van der Waals surface area (Å²) in [6.45, 7) is 1.40. The van der Waals surface area contributed by atoms with Crippen LogP contribution in [0.25, 0.3) is 0 Å². The average Bonchev–Trinajstić information content (AvgIpc) is 3.53. The SMILES string of the molecule is Cc1cc(NC(=O)COC(=O)[C@H](Cc2ccccc2)N2C(=O)[C@H]3[C@H]4CC[C@@H](C4)[C@@H]3C2=O)ccc1Br. The van der Waals surface area contributed by atoms with E-state index in [1.54, 1.807) is 12.1 Å². The van der Waals surface area contributed by atoms with Crippen LogP contribution >= 0.6 is 15.9 Å². The highest BCUT2D eigenvalue weighted by atomic mass is 79.9. The van der Waals surface area contributed by atoms with Gasteiger partial charge in [-0.3, -0.25) is 19.3 Å². The molecule has 1 saturated heterocycles. The van der Waals surface area contributed by atoms with Gasteiger partial charge in [0.15, 0.2) is 6.61 Å². The third-order valence-electron chi connectivity index (χ3n) is 7.60. The number of esters is 1. The molecule has 0 unspecified atom stereocenters. The molecule has 35 heavy (non-hydrogen) atoms. The van der Waals surface area contributed by atoms with Crippen LogP contribution in [-0.2, 0) is 30.3 Å². The second-order valence-corrected chi connectivity index (χ2v) is 10.6. The highest BCUT2D eigenvalue weighted by molar-refractivity contribution is 9.10. The molecule has 0 aromatic heterocycles. The van der Waals surface area contributed by atoms with Crippen LogP contribution in [0.2, 0.25) is 0 Å². The minimum absolute atomic E-state index is 0.152. The maximum absolute atomic E-state index is 13.4. The number of imide groups is 1. The first kappa shape index (κ1) is 23.7. The van der Waals surface area contributed by atoms with Crippen LogP contribution in [0, 0.1) is 30.6 Å². The molecule has 2 aliphatic carbocycles. The lowest BCUT2D eigenvalue weighted by atomic mass is 9.81. The van der Waals surface area contributed by atoms with Crippen molar-refractivity contribution in [2.45, 2.75) is 38.6 Å². The molecule has 0 spiro atoms. The fourth-order valence-electron chi connectivity index (χ4n) is 6.01. The van der Waals surface area contributed by atoms with E-state index in [9.17, 15) is 19.2 Å². The van der Waals surface area contributed by atoms with E-state index in [1.165, 1.54) is 0 Å². The van der Waals surface area contributed by atoms with Crippen LogP contribution < -0.4 is 5.32 Å². The van der Waals surface area contributed by atoms with Gasteiger partial charge in [-0.1, -0.05) is 46.3 Å². The maximum atomic E-state index is 13.4. The summed E-state index contributed by atoms with van der Waals surface area (Å²) in [5.74, 6) is -1.97. The molecular formula is C27H27BrN2O5. The molecule has 2 bridgehead atoms. The lowest BCUT2D eigenvalue weighted by Gasteiger charge is -2.26. The van der Waals surface area contributed by atoms with Crippen molar-refractivity contribution in [3.63, 3.8) is 0 Å². The standard InChI is InChI=1S/C27H27BrN2O5/c1-15-11-19(9-10-20(15)28)29-22(31)14-35-27(34)21(12-16-5-3-2-4-6-16)30-25(32)23-17-7-8-18(13-17)24(23)26(30)33/h2-6,9-11,17-18,21,23-24H,7-8,12-14H2,1H3,(H,29,31)/t17-,18-,21-,23-,24-/m0/s1. The Hall–Kier alpha value is -3.00. The van der Waals surface area contributed by atoms with Crippen molar-refractivity contribution in [3.05, 3.63) is 64.1 Å². The number of halogens is 1. The zero-order chi connectivity index (χ0) is 24.7. The number of benzene rings is 2. The number of rotatable bonds is 7. The number of ether oxygens (including phenoxy) is 1. The molecule has 2 aromatic rings. The van der Waals surface area contributed by atoms with Gasteiger partial charge in [0.25, 0.3) is 5.91 Å². The van der Waals surface area contributed by atoms with E-state index in [4.69, 9.17) is 4.74 Å². The predicted molar refractivity (Wildman–Crippen MR) is 132 cm³/mol. The van der Waals surface area contributed by atoms with Gasteiger partial charge in [0.2, 0.25) is 11.8 Å².